The van der Waals surface area contributed by atoms with Crippen molar-refractivity contribution in [2.75, 3.05) is 19.6 Å². The molecule has 2 amide bonds. The fraction of sp³-hybridized carbons (Fsp3) is 0.429. The maximum Gasteiger partial charge on any atom is 0.263 e. The van der Waals surface area contributed by atoms with E-state index in [9.17, 15) is 9.59 Å². The third-order valence-corrected chi connectivity index (χ3v) is 6.88. The van der Waals surface area contributed by atoms with Gasteiger partial charge in [0.05, 0.1) is 4.88 Å². The van der Waals surface area contributed by atoms with Gasteiger partial charge >= 0.3 is 0 Å². The van der Waals surface area contributed by atoms with E-state index in [0.717, 1.165) is 36.4 Å². The average Bonchev–Trinajstić information content (AvgIpc) is 3.10. The summed E-state index contributed by atoms with van der Waals surface area (Å²) < 4.78 is 0. The van der Waals surface area contributed by atoms with Crippen LogP contribution in [0.15, 0.2) is 30.3 Å². The normalized spacial score (nSPS) is 19.7. The lowest BCUT2D eigenvalue weighted by molar-refractivity contribution is 0.0687. The number of piperidine rings is 1. The first kappa shape index (κ1) is 18.5. The van der Waals surface area contributed by atoms with Gasteiger partial charge < -0.3 is 9.80 Å². The molecule has 0 spiro atoms. The monoisotopic (exact) mass is 402 g/mol. The number of rotatable bonds is 2. The summed E-state index contributed by atoms with van der Waals surface area (Å²) in [7, 11) is 0. The van der Waals surface area contributed by atoms with Gasteiger partial charge in [-0.2, -0.15) is 0 Å². The summed E-state index contributed by atoms with van der Waals surface area (Å²) in [6, 6.07) is 9.01. The quantitative estimate of drug-likeness (QED) is 0.743. The number of hydrogen-bond acceptors (Lipinski definition) is 3. The molecule has 2 aliphatic heterocycles. The first-order valence-corrected chi connectivity index (χ1v) is 10.7. The molecule has 2 aromatic rings. The number of likely N-dealkylation sites (tertiary alicyclic amines) is 1. The van der Waals surface area contributed by atoms with E-state index in [1.54, 1.807) is 35.6 Å². The van der Waals surface area contributed by atoms with Gasteiger partial charge in [0.1, 0.15) is 0 Å². The predicted molar refractivity (Wildman–Crippen MR) is 109 cm³/mol. The van der Waals surface area contributed by atoms with Crippen molar-refractivity contribution in [2.45, 2.75) is 32.7 Å². The van der Waals surface area contributed by atoms with Crippen LogP contribution in [-0.4, -0.2) is 41.2 Å². The Morgan fingerprint density at radius 3 is 2.63 bits per heavy atom. The maximum atomic E-state index is 12.9. The number of fused-ring (bicyclic) bond motifs is 1. The Morgan fingerprint density at radius 2 is 1.89 bits per heavy atom. The van der Waals surface area contributed by atoms with E-state index >= 15 is 0 Å². The van der Waals surface area contributed by atoms with Gasteiger partial charge in [-0.3, -0.25) is 9.59 Å². The van der Waals surface area contributed by atoms with E-state index in [4.69, 9.17) is 11.6 Å². The van der Waals surface area contributed by atoms with Crippen LogP contribution < -0.4 is 0 Å². The Kier molecular flexibility index (Phi) is 5.24. The van der Waals surface area contributed by atoms with Crippen molar-refractivity contribution >= 4 is 34.8 Å². The number of benzene rings is 1. The molecule has 0 N–H and O–H groups in total. The smallest absolute Gasteiger partial charge is 0.263 e. The summed E-state index contributed by atoms with van der Waals surface area (Å²) in [6.45, 7) is 5.16. The molecule has 6 heteroatoms. The number of carbonyl (C=O) groups is 2. The van der Waals surface area contributed by atoms with Crippen LogP contribution in [0.3, 0.4) is 0 Å². The number of nitrogens with zero attached hydrogens (tertiary/aromatic N) is 2. The summed E-state index contributed by atoms with van der Waals surface area (Å²) in [6.07, 6.45) is 3.09. The molecule has 0 aliphatic carbocycles. The van der Waals surface area contributed by atoms with Crippen LogP contribution in [0.1, 0.15) is 50.2 Å². The molecule has 1 aromatic carbocycles. The largest absolute Gasteiger partial charge is 0.338 e. The van der Waals surface area contributed by atoms with Crippen LogP contribution in [-0.2, 0) is 13.0 Å². The first-order valence-electron chi connectivity index (χ1n) is 9.47. The molecular weight excluding hydrogens is 380 g/mol. The lowest BCUT2D eigenvalue weighted by Gasteiger charge is -2.30. The van der Waals surface area contributed by atoms with Crippen LogP contribution >= 0.6 is 22.9 Å². The van der Waals surface area contributed by atoms with E-state index in [-0.39, 0.29) is 11.8 Å². The Bertz CT molecular complexity index is 862. The molecule has 4 nitrogen and oxygen atoms in total. The van der Waals surface area contributed by atoms with Crippen molar-refractivity contribution in [1.29, 1.82) is 0 Å². The first-order chi connectivity index (χ1) is 13.0. The van der Waals surface area contributed by atoms with Gasteiger partial charge in [0.25, 0.3) is 11.8 Å². The van der Waals surface area contributed by atoms with Crippen molar-refractivity contribution in [3.63, 3.8) is 0 Å². The predicted octanol–water partition coefficient (Wildman–Crippen LogP) is 4.47. The molecule has 1 atom stereocenters. The molecule has 0 radical (unpaired) electrons. The Hall–Kier alpha value is -1.85. The maximum absolute atomic E-state index is 12.9. The van der Waals surface area contributed by atoms with Crippen molar-refractivity contribution in [1.82, 2.24) is 9.80 Å². The molecular formula is C21H23ClN2O2S. The van der Waals surface area contributed by atoms with Gasteiger partial charge in [-0.15, -0.1) is 11.3 Å². The highest BCUT2D eigenvalue weighted by Gasteiger charge is 2.28. The topological polar surface area (TPSA) is 40.6 Å². The third kappa shape index (κ3) is 3.90. The van der Waals surface area contributed by atoms with Gasteiger partial charge in [-0.05, 0) is 61.1 Å². The van der Waals surface area contributed by atoms with Gasteiger partial charge in [0.15, 0.2) is 0 Å². The molecule has 4 rings (SSSR count). The van der Waals surface area contributed by atoms with E-state index < -0.39 is 0 Å². The van der Waals surface area contributed by atoms with E-state index in [2.05, 4.69) is 6.92 Å². The lowest BCUT2D eigenvalue weighted by Crippen LogP contribution is -2.38. The molecule has 0 unspecified atom stereocenters. The van der Waals surface area contributed by atoms with E-state index in [0.29, 0.717) is 29.6 Å². The van der Waals surface area contributed by atoms with Gasteiger partial charge in [-0.25, -0.2) is 0 Å². The van der Waals surface area contributed by atoms with Crippen molar-refractivity contribution in [2.24, 2.45) is 5.92 Å². The highest BCUT2D eigenvalue weighted by Crippen LogP contribution is 2.30. The van der Waals surface area contributed by atoms with Gasteiger partial charge in [0.2, 0.25) is 0 Å². The molecule has 1 aromatic heterocycles. The summed E-state index contributed by atoms with van der Waals surface area (Å²) in [5.74, 6) is 0.738. The Labute approximate surface area is 168 Å². The molecule has 0 saturated carbocycles. The molecule has 1 saturated heterocycles. The average molecular weight is 403 g/mol. The molecule has 142 valence electrons. The molecule has 27 heavy (non-hydrogen) atoms. The van der Waals surface area contributed by atoms with Crippen LogP contribution in [0.5, 0.6) is 0 Å². The zero-order chi connectivity index (χ0) is 19.0. The Morgan fingerprint density at radius 1 is 1.11 bits per heavy atom. The van der Waals surface area contributed by atoms with E-state index in [1.165, 1.54) is 11.3 Å². The highest BCUT2D eigenvalue weighted by atomic mass is 35.5. The second-order valence-electron chi connectivity index (χ2n) is 7.54. The van der Waals surface area contributed by atoms with Crippen LogP contribution in [0.2, 0.25) is 5.02 Å². The molecule has 0 bridgehead atoms. The van der Waals surface area contributed by atoms with Crippen molar-refractivity contribution < 1.29 is 9.59 Å². The van der Waals surface area contributed by atoms with Crippen molar-refractivity contribution in [3.8, 4) is 0 Å². The number of thiophene rings is 1. The minimum atomic E-state index is 0.0150. The number of amides is 2. The van der Waals surface area contributed by atoms with Gasteiger partial charge in [-0.1, -0.05) is 18.5 Å². The third-order valence-electron chi connectivity index (χ3n) is 5.40. The molecule has 1 fully saturated rings. The zero-order valence-electron chi connectivity index (χ0n) is 15.4. The van der Waals surface area contributed by atoms with Crippen LogP contribution in [0, 0.1) is 5.92 Å². The highest BCUT2D eigenvalue weighted by molar-refractivity contribution is 7.14. The standard InChI is InChI=1S/C21H23ClN2O2S/c1-14-3-2-9-23(12-14)21(26)19-11-16-13-24(10-8-18(16)27-19)20(25)15-4-6-17(22)7-5-15/h4-7,11,14H,2-3,8-10,12-13H2,1H3/t14-/m1/s1. The second-order valence-corrected chi connectivity index (χ2v) is 9.11. The second kappa shape index (κ2) is 7.64. The summed E-state index contributed by atoms with van der Waals surface area (Å²) in [4.78, 5) is 31.5. The minimum Gasteiger partial charge on any atom is -0.338 e. The number of hydrogen-bond donors (Lipinski definition) is 0. The molecule has 3 heterocycles. The van der Waals surface area contributed by atoms with E-state index in [1.807, 2.05) is 15.9 Å². The number of halogens is 1. The lowest BCUT2D eigenvalue weighted by atomic mass is 10.00. The summed E-state index contributed by atoms with van der Waals surface area (Å²) in [5, 5.41) is 0.625. The van der Waals surface area contributed by atoms with Gasteiger partial charge in [0, 0.05) is 41.6 Å². The Balaban J connectivity index is 1.48. The number of carbonyl (C=O) groups excluding carboxylic acids is 2. The SMILES string of the molecule is C[C@@H]1CCCN(C(=O)c2cc3c(s2)CCN(C(=O)c2ccc(Cl)cc2)C3)C1. The zero-order valence-corrected chi connectivity index (χ0v) is 17.0. The van der Waals surface area contributed by atoms with Crippen LogP contribution in [0.4, 0.5) is 0 Å². The summed E-state index contributed by atoms with van der Waals surface area (Å²) >= 11 is 7.52. The fourth-order valence-electron chi connectivity index (χ4n) is 3.92. The van der Waals surface area contributed by atoms with Crippen LogP contribution in [0.25, 0.3) is 0 Å². The molecule has 2 aliphatic rings. The van der Waals surface area contributed by atoms with Crippen molar-refractivity contribution in [3.05, 3.63) is 56.2 Å². The fourth-order valence-corrected chi connectivity index (χ4v) is 5.17. The summed E-state index contributed by atoms with van der Waals surface area (Å²) in [5.41, 5.74) is 1.76. The minimum absolute atomic E-state index is 0.0150.